The summed E-state index contributed by atoms with van der Waals surface area (Å²) in [6.45, 7) is 10.8. The van der Waals surface area contributed by atoms with Crippen molar-refractivity contribution in [1.82, 2.24) is 9.66 Å². The Labute approximate surface area is 191 Å². The van der Waals surface area contributed by atoms with Crippen molar-refractivity contribution in [2.24, 2.45) is 10.5 Å². The molecule has 3 rings (SSSR count). The lowest BCUT2D eigenvalue weighted by atomic mass is 9.98. The van der Waals surface area contributed by atoms with Crippen LogP contribution in [0.2, 0.25) is 0 Å². The van der Waals surface area contributed by atoms with Crippen LogP contribution in [0.3, 0.4) is 0 Å². The van der Waals surface area contributed by atoms with Gasteiger partial charge in [0.2, 0.25) is 0 Å². The number of nitrogens with zero attached hydrogens (tertiary/aromatic N) is 3. The highest BCUT2D eigenvalue weighted by Gasteiger charge is 2.17. The molecular weight excluding hydrogens is 458 g/mol. The third-order valence-corrected chi connectivity index (χ3v) is 5.03. The second-order valence-electron chi connectivity index (χ2n) is 8.88. The zero-order chi connectivity index (χ0) is 22.8. The van der Waals surface area contributed by atoms with Crippen molar-refractivity contribution in [2.75, 3.05) is 13.7 Å². The molecule has 0 bridgehead atoms. The average molecular weight is 486 g/mol. The predicted octanol–water partition coefficient (Wildman–Crippen LogP) is 5.60. The molecule has 0 spiro atoms. The van der Waals surface area contributed by atoms with Gasteiger partial charge in [-0.15, -0.1) is 0 Å². The van der Waals surface area contributed by atoms with Gasteiger partial charge < -0.3 is 9.47 Å². The molecule has 3 aromatic rings. The van der Waals surface area contributed by atoms with Crippen molar-refractivity contribution < 1.29 is 9.47 Å². The van der Waals surface area contributed by atoms with Gasteiger partial charge in [0, 0.05) is 16.0 Å². The van der Waals surface area contributed by atoms with Crippen molar-refractivity contribution in [3.05, 3.63) is 62.6 Å². The first kappa shape index (κ1) is 23.0. The quantitative estimate of drug-likeness (QED) is 0.426. The molecular formula is C24H28BrN3O3. The smallest absolute Gasteiger partial charge is 0.282 e. The van der Waals surface area contributed by atoms with Gasteiger partial charge in [-0.25, -0.2) is 4.98 Å². The third-order valence-electron chi connectivity index (χ3n) is 4.54. The number of hydrogen-bond donors (Lipinski definition) is 0. The first-order chi connectivity index (χ1) is 14.6. The van der Waals surface area contributed by atoms with E-state index >= 15 is 0 Å². The fourth-order valence-electron chi connectivity index (χ4n) is 3.01. The summed E-state index contributed by atoms with van der Waals surface area (Å²) in [5, 5.41) is 5.03. The Kier molecular flexibility index (Phi) is 6.84. The summed E-state index contributed by atoms with van der Waals surface area (Å²) < 4.78 is 13.8. The lowest BCUT2D eigenvalue weighted by Crippen LogP contribution is -2.23. The average Bonchev–Trinajstić information content (AvgIpc) is 2.71. The van der Waals surface area contributed by atoms with E-state index in [-0.39, 0.29) is 16.9 Å². The number of halogens is 1. The molecule has 0 saturated heterocycles. The first-order valence-corrected chi connectivity index (χ1v) is 11.0. The SMILES string of the molecule is COc1cccc(C=Nn2c(C(C)C)nc3ccc(Br)cc3c2=O)c1OCC(C)(C)C. The van der Waals surface area contributed by atoms with Gasteiger partial charge in [0.15, 0.2) is 11.5 Å². The highest BCUT2D eigenvalue weighted by atomic mass is 79.9. The topological polar surface area (TPSA) is 65.7 Å². The van der Waals surface area contributed by atoms with Crippen molar-refractivity contribution in [3.8, 4) is 11.5 Å². The lowest BCUT2D eigenvalue weighted by Gasteiger charge is -2.21. The van der Waals surface area contributed by atoms with E-state index in [0.717, 1.165) is 10.0 Å². The Morgan fingerprint density at radius 3 is 2.61 bits per heavy atom. The third kappa shape index (κ3) is 5.34. The van der Waals surface area contributed by atoms with Crippen LogP contribution in [0.15, 0.2) is 50.8 Å². The number of fused-ring (bicyclic) bond motifs is 1. The standard InChI is InChI=1S/C24H28BrN3O3/c1-15(2)22-27-19-11-10-17(25)12-18(19)23(29)28(22)26-13-16-8-7-9-20(30-6)21(16)31-14-24(3,4)5/h7-13,15H,14H2,1-6H3. The Morgan fingerprint density at radius 1 is 1.23 bits per heavy atom. The number of methoxy groups -OCH3 is 1. The van der Waals surface area contributed by atoms with E-state index in [9.17, 15) is 4.79 Å². The molecule has 0 radical (unpaired) electrons. The van der Waals surface area contributed by atoms with Crippen LogP contribution in [0.4, 0.5) is 0 Å². The van der Waals surface area contributed by atoms with Gasteiger partial charge in [-0.05, 0) is 35.7 Å². The number of ether oxygens (including phenoxy) is 2. The lowest BCUT2D eigenvalue weighted by molar-refractivity contribution is 0.191. The van der Waals surface area contributed by atoms with Crippen molar-refractivity contribution >= 4 is 33.0 Å². The van der Waals surface area contributed by atoms with E-state index in [1.54, 1.807) is 19.4 Å². The molecule has 0 fully saturated rings. The molecule has 0 saturated carbocycles. The summed E-state index contributed by atoms with van der Waals surface area (Å²) in [7, 11) is 1.60. The molecule has 0 aliphatic heterocycles. The van der Waals surface area contributed by atoms with E-state index in [4.69, 9.17) is 9.47 Å². The normalized spacial score (nSPS) is 12.1. The molecule has 1 heterocycles. The summed E-state index contributed by atoms with van der Waals surface area (Å²) in [5.74, 6) is 1.82. The molecule has 0 aliphatic carbocycles. The summed E-state index contributed by atoms with van der Waals surface area (Å²) in [6.07, 6.45) is 1.62. The maximum Gasteiger partial charge on any atom is 0.282 e. The van der Waals surface area contributed by atoms with Gasteiger partial charge >= 0.3 is 0 Å². The monoisotopic (exact) mass is 485 g/mol. The molecule has 7 heteroatoms. The molecule has 0 amide bonds. The maximum absolute atomic E-state index is 13.2. The Bertz CT molecular complexity index is 1180. The highest BCUT2D eigenvalue weighted by Crippen LogP contribution is 2.31. The molecule has 2 aromatic carbocycles. The van der Waals surface area contributed by atoms with Crippen molar-refractivity contribution in [1.29, 1.82) is 0 Å². The molecule has 31 heavy (non-hydrogen) atoms. The number of aromatic nitrogens is 2. The Morgan fingerprint density at radius 2 is 1.97 bits per heavy atom. The highest BCUT2D eigenvalue weighted by molar-refractivity contribution is 9.10. The van der Waals surface area contributed by atoms with Crippen LogP contribution in [0.25, 0.3) is 10.9 Å². The predicted molar refractivity (Wildman–Crippen MR) is 129 cm³/mol. The first-order valence-electron chi connectivity index (χ1n) is 10.2. The van der Waals surface area contributed by atoms with Crippen LogP contribution in [0, 0.1) is 5.41 Å². The number of para-hydroxylation sites is 1. The minimum Gasteiger partial charge on any atom is -0.493 e. The molecule has 6 nitrogen and oxygen atoms in total. The van der Waals surface area contributed by atoms with Gasteiger partial charge in [0.25, 0.3) is 5.56 Å². The number of benzene rings is 2. The number of hydrogen-bond acceptors (Lipinski definition) is 5. The van der Waals surface area contributed by atoms with Crippen LogP contribution in [0.5, 0.6) is 11.5 Å². The minimum absolute atomic E-state index is 0.0137. The second kappa shape index (κ2) is 9.22. The molecule has 164 valence electrons. The Hall–Kier alpha value is -2.67. The minimum atomic E-state index is -0.216. The molecule has 0 atom stereocenters. The second-order valence-corrected chi connectivity index (χ2v) is 9.79. The largest absolute Gasteiger partial charge is 0.493 e. The summed E-state index contributed by atoms with van der Waals surface area (Å²) >= 11 is 3.43. The van der Waals surface area contributed by atoms with Gasteiger partial charge in [-0.3, -0.25) is 4.79 Å². The fourth-order valence-corrected chi connectivity index (χ4v) is 3.37. The fraction of sp³-hybridized carbons (Fsp3) is 0.375. The van der Waals surface area contributed by atoms with E-state index in [2.05, 4.69) is 46.8 Å². The van der Waals surface area contributed by atoms with Gasteiger partial charge in [-0.1, -0.05) is 56.6 Å². The van der Waals surface area contributed by atoms with Crippen LogP contribution in [-0.2, 0) is 0 Å². The maximum atomic E-state index is 13.2. The molecule has 1 aromatic heterocycles. The summed E-state index contributed by atoms with van der Waals surface area (Å²) in [4.78, 5) is 17.9. The van der Waals surface area contributed by atoms with Crippen molar-refractivity contribution in [3.63, 3.8) is 0 Å². The van der Waals surface area contributed by atoms with E-state index in [1.807, 2.05) is 44.2 Å². The van der Waals surface area contributed by atoms with Crippen LogP contribution in [-0.4, -0.2) is 29.6 Å². The summed E-state index contributed by atoms with van der Waals surface area (Å²) in [6, 6.07) is 11.1. The van der Waals surface area contributed by atoms with Crippen LogP contribution in [0.1, 0.15) is 51.9 Å². The van der Waals surface area contributed by atoms with E-state index in [1.165, 1.54) is 4.68 Å². The zero-order valence-corrected chi connectivity index (χ0v) is 20.4. The van der Waals surface area contributed by atoms with E-state index < -0.39 is 0 Å². The molecule has 0 aliphatic rings. The van der Waals surface area contributed by atoms with Crippen molar-refractivity contribution in [2.45, 2.75) is 40.5 Å². The van der Waals surface area contributed by atoms with Crippen LogP contribution >= 0.6 is 15.9 Å². The molecule has 0 unspecified atom stereocenters. The van der Waals surface area contributed by atoms with Gasteiger partial charge in [0.05, 0.1) is 30.8 Å². The van der Waals surface area contributed by atoms with Gasteiger partial charge in [0.1, 0.15) is 5.82 Å². The Balaban J connectivity index is 2.12. The van der Waals surface area contributed by atoms with Crippen LogP contribution < -0.4 is 15.0 Å². The van der Waals surface area contributed by atoms with Gasteiger partial charge in [-0.2, -0.15) is 9.78 Å². The zero-order valence-electron chi connectivity index (χ0n) is 18.8. The summed E-state index contributed by atoms with van der Waals surface area (Å²) in [5.41, 5.74) is 1.14. The molecule has 0 N–H and O–H groups in total. The van der Waals surface area contributed by atoms with E-state index in [0.29, 0.717) is 34.8 Å². The number of rotatable bonds is 6.